The van der Waals surface area contributed by atoms with Gasteiger partial charge < -0.3 is 9.84 Å². The van der Waals surface area contributed by atoms with E-state index in [9.17, 15) is 24.3 Å². The van der Waals surface area contributed by atoms with Crippen LogP contribution in [0.1, 0.15) is 31.2 Å². The first-order chi connectivity index (χ1) is 20.7. The zero-order valence-corrected chi connectivity index (χ0v) is 24.3. The molecule has 4 aliphatic rings. The van der Waals surface area contributed by atoms with Gasteiger partial charge in [-0.15, -0.1) is 0 Å². The average molecular weight is 597 g/mol. The summed E-state index contributed by atoms with van der Waals surface area (Å²) < 4.78 is 5.42. The van der Waals surface area contributed by atoms with Gasteiger partial charge in [0.15, 0.2) is 11.5 Å². The molecule has 3 aromatic rings. The maximum Gasteiger partial charge on any atom is 0.241 e. The predicted octanol–water partition coefficient (Wildman–Crippen LogP) is 5.49. The van der Waals surface area contributed by atoms with Crippen LogP contribution in [0.4, 0.5) is 11.4 Å². The van der Waals surface area contributed by atoms with Gasteiger partial charge in [-0.25, -0.2) is 4.90 Å². The van der Waals surface area contributed by atoms with Gasteiger partial charge in [-0.3, -0.25) is 24.1 Å². The molecule has 3 fully saturated rings. The van der Waals surface area contributed by atoms with Crippen LogP contribution in [-0.4, -0.2) is 35.8 Å². The number of rotatable bonds is 4. The van der Waals surface area contributed by atoms with Crippen LogP contribution in [0.25, 0.3) is 0 Å². The first-order valence-electron chi connectivity index (χ1n) is 14.3. The molecule has 218 valence electrons. The Morgan fingerprint density at radius 2 is 1.49 bits per heavy atom. The fourth-order valence-electron chi connectivity index (χ4n) is 7.97. The number of methoxy groups -OCH3 is 1. The number of nitrogens with zero attached hydrogens (tertiary/aromatic N) is 2. The van der Waals surface area contributed by atoms with Gasteiger partial charge in [0.2, 0.25) is 23.6 Å². The lowest BCUT2D eigenvalue weighted by molar-refractivity contribution is -0.131. The molecule has 6 unspecified atom stereocenters. The average Bonchev–Trinajstić information content (AvgIpc) is 3.38. The minimum Gasteiger partial charge on any atom is -0.503 e. The quantitative estimate of drug-likeness (QED) is 0.316. The van der Waals surface area contributed by atoms with Gasteiger partial charge in [0, 0.05) is 5.92 Å². The number of benzene rings is 3. The Kier molecular flexibility index (Phi) is 6.25. The van der Waals surface area contributed by atoms with E-state index in [1.165, 1.54) is 16.9 Å². The van der Waals surface area contributed by atoms with E-state index in [-0.39, 0.29) is 46.6 Å². The molecular formula is C34H29ClN2O6. The molecule has 0 bridgehead atoms. The zero-order chi connectivity index (χ0) is 30.2. The lowest BCUT2D eigenvalue weighted by Gasteiger charge is -2.49. The number of para-hydroxylation sites is 2. The van der Waals surface area contributed by atoms with E-state index in [0.717, 1.165) is 5.57 Å². The number of aromatic hydroxyl groups is 1. The van der Waals surface area contributed by atoms with E-state index in [1.807, 2.05) is 18.2 Å². The third-order valence-electron chi connectivity index (χ3n) is 9.91. The van der Waals surface area contributed by atoms with Crippen molar-refractivity contribution in [3.8, 4) is 11.5 Å². The van der Waals surface area contributed by atoms with E-state index >= 15 is 0 Å². The first kappa shape index (κ1) is 27.4. The van der Waals surface area contributed by atoms with Crippen LogP contribution in [0.3, 0.4) is 0 Å². The summed E-state index contributed by atoms with van der Waals surface area (Å²) in [5.74, 6) is -4.45. The molecule has 2 aliphatic carbocycles. The number of hydrogen-bond acceptors (Lipinski definition) is 6. The second kappa shape index (κ2) is 9.81. The fraction of sp³-hybridized carbons (Fsp3) is 0.294. The van der Waals surface area contributed by atoms with E-state index in [4.69, 9.17) is 16.3 Å². The Morgan fingerprint density at radius 3 is 2.12 bits per heavy atom. The highest BCUT2D eigenvalue weighted by Gasteiger charge is 2.67. The molecule has 6 atom stereocenters. The Morgan fingerprint density at radius 1 is 0.860 bits per heavy atom. The summed E-state index contributed by atoms with van der Waals surface area (Å²) in [6.07, 6.45) is 2.56. The topological polar surface area (TPSA) is 104 Å². The molecule has 43 heavy (non-hydrogen) atoms. The maximum absolute atomic E-state index is 14.5. The summed E-state index contributed by atoms with van der Waals surface area (Å²) >= 11 is 6.47. The van der Waals surface area contributed by atoms with Crippen molar-refractivity contribution in [2.75, 3.05) is 16.9 Å². The molecule has 9 heteroatoms. The second-order valence-electron chi connectivity index (χ2n) is 11.9. The summed E-state index contributed by atoms with van der Waals surface area (Å²) in [6, 6.07) is 20.9. The highest BCUT2D eigenvalue weighted by Crippen LogP contribution is 2.64. The monoisotopic (exact) mass is 596 g/mol. The van der Waals surface area contributed by atoms with Gasteiger partial charge in [-0.05, 0) is 67.6 Å². The molecule has 2 aliphatic heterocycles. The Labute approximate surface area is 253 Å². The van der Waals surface area contributed by atoms with Crippen LogP contribution in [0, 0.1) is 29.1 Å². The molecule has 4 amide bonds. The van der Waals surface area contributed by atoms with Crippen molar-refractivity contribution in [3.05, 3.63) is 95.0 Å². The third kappa shape index (κ3) is 3.75. The standard InChI is InChI=1S/C34H29ClN2O6/c1-34-24(31(40)37(33(34)42)20-11-7-4-8-12-20)17-23-21(28(34)18-15-25(35)29(38)26(16-18)43-2)13-14-22-27(23)32(41)36(30(22)39)19-9-5-3-6-10-19/h3-13,15-16,22-24,27-28,38H,14,17H2,1-2H3. The molecule has 7 rings (SSSR count). The van der Waals surface area contributed by atoms with Crippen molar-refractivity contribution >= 4 is 46.6 Å². The largest absolute Gasteiger partial charge is 0.503 e. The van der Waals surface area contributed by atoms with Crippen LogP contribution >= 0.6 is 11.6 Å². The molecular weight excluding hydrogens is 568 g/mol. The number of imide groups is 2. The molecule has 2 heterocycles. The lowest BCUT2D eigenvalue weighted by Crippen LogP contribution is -2.48. The van der Waals surface area contributed by atoms with E-state index in [1.54, 1.807) is 67.6 Å². The number of anilines is 2. The van der Waals surface area contributed by atoms with Gasteiger partial charge in [-0.2, -0.15) is 0 Å². The molecule has 0 aromatic heterocycles. The predicted molar refractivity (Wildman–Crippen MR) is 160 cm³/mol. The van der Waals surface area contributed by atoms with Gasteiger partial charge in [0.05, 0.1) is 46.7 Å². The number of carbonyl (C=O) groups excluding carboxylic acids is 4. The van der Waals surface area contributed by atoms with Crippen LogP contribution in [0.2, 0.25) is 5.02 Å². The minimum absolute atomic E-state index is 0.0463. The highest BCUT2D eigenvalue weighted by molar-refractivity contribution is 6.32. The molecule has 8 nitrogen and oxygen atoms in total. The number of halogens is 1. The van der Waals surface area contributed by atoms with Crippen molar-refractivity contribution in [1.29, 1.82) is 0 Å². The Hall–Kier alpha value is -4.43. The second-order valence-corrected chi connectivity index (χ2v) is 12.3. The van der Waals surface area contributed by atoms with Gasteiger partial charge in [-0.1, -0.05) is 59.6 Å². The summed E-state index contributed by atoms with van der Waals surface area (Å²) in [5, 5.41) is 10.6. The number of amides is 4. The molecule has 2 saturated heterocycles. The number of hydrogen-bond donors (Lipinski definition) is 1. The van der Waals surface area contributed by atoms with Gasteiger partial charge in [0.1, 0.15) is 0 Å². The van der Waals surface area contributed by atoms with Crippen molar-refractivity contribution in [2.24, 2.45) is 29.1 Å². The number of carbonyl (C=O) groups is 4. The Bertz CT molecular complexity index is 1720. The number of phenolic OH excluding ortho intramolecular Hbond substituents is 1. The van der Waals surface area contributed by atoms with E-state index in [0.29, 0.717) is 23.4 Å². The number of ether oxygens (including phenoxy) is 1. The summed E-state index contributed by atoms with van der Waals surface area (Å²) in [5.41, 5.74) is 1.19. The van der Waals surface area contributed by atoms with Crippen LogP contribution in [-0.2, 0) is 19.2 Å². The molecule has 1 saturated carbocycles. The normalized spacial score (nSPS) is 29.7. The van der Waals surface area contributed by atoms with Crippen molar-refractivity contribution < 1.29 is 29.0 Å². The number of allylic oxidation sites excluding steroid dienone is 2. The SMILES string of the molecule is COc1cc(C2C3=CCC4C(=O)N(c5ccccc5)C(=O)C4C3CC3C(=O)N(c4ccccc4)C(=O)C32C)cc(Cl)c1O. The summed E-state index contributed by atoms with van der Waals surface area (Å²) in [7, 11) is 1.41. The van der Waals surface area contributed by atoms with Crippen LogP contribution in [0.15, 0.2) is 84.4 Å². The molecule has 1 N–H and O–H groups in total. The molecule has 3 aromatic carbocycles. The maximum atomic E-state index is 14.5. The van der Waals surface area contributed by atoms with Crippen LogP contribution in [0.5, 0.6) is 11.5 Å². The number of phenols is 1. The summed E-state index contributed by atoms with van der Waals surface area (Å²) in [6.45, 7) is 1.81. The highest BCUT2D eigenvalue weighted by atomic mass is 35.5. The first-order valence-corrected chi connectivity index (χ1v) is 14.7. The van der Waals surface area contributed by atoms with Gasteiger partial charge in [0.25, 0.3) is 0 Å². The van der Waals surface area contributed by atoms with Crippen molar-refractivity contribution in [1.82, 2.24) is 0 Å². The molecule has 0 radical (unpaired) electrons. The fourth-order valence-corrected chi connectivity index (χ4v) is 8.19. The van der Waals surface area contributed by atoms with E-state index in [2.05, 4.69) is 0 Å². The summed E-state index contributed by atoms with van der Waals surface area (Å²) in [4.78, 5) is 59.0. The van der Waals surface area contributed by atoms with Crippen LogP contribution < -0.4 is 14.5 Å². The Balaban J connectivity index is 1.40. The smallest absolute Gasteiger partial charge is 0.241 e. The van der Waals surface area contributed by atoms with Crippen molar-refractivity contribution in [3.63, 3.8) is 0 Å². The number of fused-ring (bicyclic) bond motifs is 4. The van der Waals surface area contributed by atoms with Gasteiger partial charge >= 0.3 is 0 Å². The third-order valence-corrected chi connectivity index (χ3v) is 10.2. The van der Waals surface area contributed by atoms with Crippen molar-refractivity contribution in [2.45, 2.75) is 25.7 Å². The molecule has 0 spiro atoms. The minimum atomic E-state index is -1.22. The van der Waals surface area contributed by atoms with E-state index < -0.39 is 35.0 Å². The lowest BCUT2D eigenvalue weighted by atomic mass is 9.51. The zero-order valence-electron chi connectivity index (χ0n) is 23.6.